The van der Waals surface area contributed by atoms with Crippen molar-refractivity contribution in [3.63, 3.8) is 0 Å². The lowest BCUT2D eigenvalue weighted by Gasteiger charge is -2.42. The van der Waals surface area contributed by atoms with Crippen molar-refractivity contribution in [1.29, 1.82) is 0 Å². The van der Waals surface area contributed by atoms with Gasteiger partial charge in [-0.05, 0) is 44.1 Å². The predicted octanol–water partition coefficient (Wildman–Crippen LogP) is 2.97. The molecule has 1 aliphatic heterocycles. The highest BCUT2D eigenvalue weighted by atomic mass is 32.2. The van der Waals surface area contributed by atoms with Crippen molar-refractivity contribution in [2.75, 3.05) is 17.3 Å². The minimum atomic E-state index is -0.173. The molecule has 2 heterocycles. The Morgan fingerprint density at radius 1 is 1.26 bits per heavy atom. The van der Waals surface area contributed by atoms with Crippen LogP contribution >= 0.6 is 11.8 Å². The molecule has 144 valence electrons. The highest BCUT2D eigenvalue weighted by molar-refractivity contribution is 7.99. The molecule has 1 aromatic heterocycles. The summed E-state index contributed by atoms with van der Waals surface area (Å²) in [6.45, 7) is 3.97. The van der Waals surface area contributed by atoms with Crippen LogP contribution in [0.15, 0.2) is 29.1 Å². The fourth-order valence-electron chi connectivity index (χ4n) is 4.83. The number of fused-ring (bicyclic) bond motifs is 1. The van der Waals surface area contributed by atoms with Crippen LogP contribution in [0.2, 0.25) is 0 Å². The molecule has 0 bridgehead atoms. The van der Waals surface area contributed by atoms with Crippen LogP contribution < -0.4 is 16.4 Å². The lowest BCUT2D eigenvalue weighted by Crippen LogP contribution is -2.50. The second-order valence-corrected chi connectivity index (χ2v) is 8.77. The van der Waals surface area contributed by atoms with Gasteiger partial charge in [-0.25, -0.2) is 9.97 Å². The second-order valence-electron chi connectivity index (χ2n) is 7.79. The molecular formula is C20H27N5OS. The summed E-state index contributed by atoms with van der Waals surface area (Å²) in [5.41, 5.74) is 9.89. The first-order valence-corrected chi connectivity index (χ1v) is 10.9. The molecule has 1 saturated carbocycles. The fourth-order valence-corrected chi connectivity index (χ4v) is 5.85. The number of aromatic nitrogens is 2. The Labute approximate surface area is 164 Å². The third-order valence-corrected chi connectivity index (χ3v) is 7.22. The van der Waals surface area contributed by atoms with E-state index in [9.17, 15) is 4.79 Å². The molecule has 2 atom stereocenters. The molecule has 6 nitrogen and oxygen atoms in total. The minimum Gasteiger partial charge on any atom is -0.383 e. The van der Waals surface area contributed by atoms with Gasteiger partial charge >= 0.3 is 0 Å². The molecule has 0 radical (unpaired) electrons. The van der Waals surface area contributed by atoms with Crippen molar-refractivity contribution >= 4 is 29.3 Å². The van der Waals surface area contributed by atoms with Gasteiger partial charge in [-0.15, -0.1) is 0 Å². The number of nitrogens with one attached hydrogen (secondary N) is 2. The number of hydrogen-bond acceptors (Lipinski definition) is 6. The number of nitrogens with two attached hydrogens (primary N) is 1. The van der Waals surface area contributed by atoms with Gasteiger partial charge in [0.15, 0.2) is 0 Å². The first-order valence-electron chi connectivity index (χ1n) is 9.59. The van der Waals surface area contributed by atoms with Crippen molar-refractivity contribution in [2.45, 2.75) is 62.8 Å². The van der Waals surface area contributed by atoms with Crippen LogP contribution in [0.1, 0.15) is 44.6 Å². The van der Waals surface area contributed by atoms with E-state index in [0.29, 0.717) is 5.82 Å². The number of anilines is 2. The average Bonchev–Trinajstić information content (AvgIpc) is 2.92. The maximum atomic E-state index is 12.8. The highest BCUT2D eigenvalue weighted by Crippen LogP contribution is 2.48. The van der Waals surface area contributed by atoms with E-state index < -0.39 is 0 Å². The van der Waals surface area contributed by atoms with Crippen molar-refractivity contribution in [3.05, 3.63) is 34.7 Å². The fraction of sp³-hybridized carbons (Fsp3) is 0.550. The third-order valence-electron chi connectivity index (χ3n) is 6.19. The van der Waals surface area contributed by atoms with Gasteiger partial charge in [0, 0.05) is 11.1 Å². The normalized spacial score (nSPS) is 26.6. The lowest BCUT2D eigenvalue weighted by atomic mass is 9.72. The molecule has 27 heavy (non-hydrogen) atoms. The quantitative estimate of drug-likeness (QED) is 0.741. The topological polar surface area (TPSA) is 92.9 Å². The summed E-state index contributed by atoms with van der Waals surface area (Å²) in [7, 11) is 0. The summed E-state index contributed by atoms with van der Waals surface area (Å²) in [6, 6.07) is 0.0539. The van der Waals surface area contributed by atoms with Crippen LogP contribution in [0.4, 0.5) is 11.6 Å². The van der Waals surface area contributed by atoms with Gasteiger partial charge in [-0.2, -0.15) is 11.8 Å². The van der Waals surface area contributed by atoms with Crippen LogP contribution in [0.5, 0.6) is 0 Å². The van der Waals surface area contributed by atoms with Crippen LogP contribution in [-0.4, -0.2) is 39.0 Å². The smallest absolute Gasteiger partial charge is 0.252 e. The van der Waals surface area contributed by atoms with Crippen LogP contribution in [-0.2, 0) is 4.79 Å². The SMILES string of the molecule is CSC1C2=C(C(=O)NC23CCCCC3)C(C)=CC1Nc1ncnc(N)c1C. The Bertz CT molecular complexity index is 841. The van der Waals surface area contributed by atoms with E-state index in [1.165, 1.54) is 31.2 Å². The second kappa shape index (κ2) is 6.86. The molecule has 1 spiro atoms. The van der Waals surface area contributed by atoms with Gasteiger partial charge in [-0.1, -0.05) is 25.3 Å². The van der Waals surface area contributed by atoms with E-state index in [-0.39, 0.29) is 22.7 Å². The van der Waals surface area contributed by atoms with Crippen LogP contribution in [0.3, 0.4) is 0 Å². The Balaban J connectivity index is 1.74. The van der Waals surface area contributed by atoms with Crippen LogP contribution in [0, 0.1) is 6.92 Å². The Morgan fingerprint density at radius 2 is 2.00 bits per heavy atom. The van der Waals surface area contributed by atoms with Gasteiger partial charge in [0.25, 0.3) is 5.91 Å². The maximum Gasteiger partial charge on any atom is 0.252 e. The van der Waals surface area contributed by atoms with E-state index in [0.717, 1.165) is 35.4 Å². The number of nitrogen functional groups attached to an aromatic ring is 1. The van der Waals surface area contributed by atoms with Gasteiger partial charge < -0.3 is 16.4 Å². The molecule has 1 amide bonds. The number of nitrogens with zero attached hydrogens (tertiary/aromatic N) is 2. The zero-order valence-electron chi connectivity index (χ0n) is 16.1. The summed E-state index contributed by atoms with van der Waals surface area (Å²) < 4.78 is 0. The number of thioether (sulfide) groups is 1. The number of hydrogen-bond donors (Lipinski definition) is 3. The monoisotopic (exact) mass is 385 g/mol. The van der Waals surface area contributed by atoms with E-state index in [1.54, 1.807) is 11.8 Å². The molecular weight excluding hydrogens is 358 g/mol. The Hall–Kier alpha value is -2.02. The van der Waals surface area contributed by atoms with Gasteiger partial charge in [0.05, 0.1) is 16.8 Å². The van der Waals surface area contributed by atoms with Gasteiger partial charge in [0.2, 0.25) is 0 Å². The van der Waals surface area contributed by atoms with E-state index in [2.05, 4.69) is 32.9 Å². The highest BCUT2D eigenvalue weighted by Gasteiger charge is 2.51. The van der Waals surface area contributed by atoms with E-state index in [1.807, 2.05) is 13.8 Å². The zero-order chi connectivity index (χ0) is 19.2. The van der Waals surface area contributed by atoms with Crippen molar-refractivity contribution in [2.24, 2.45) is 0 Å². The molecule has 1 aromatic rings. The molecule has 0 aromatic carbocycles. The van der Waals surface area contributed by atoms with E-state index in [4.69, 9.17) is 5.73 Å². The first-order chi connectivity index (χ1) is 13.0. The minimum absolute atomic E-state index is 0.0539. The summed E-state index contributed by atoms with van der Waals surface area (Å²) in [5, 5.41) is 7.12. The van der Waals surface area contributed by atoms with Crippen molar-refractivity contribution in [1.82, 2.24) is 15.3 Å². The molecule has 1 fully saturated rings. The molecule has 2 unspecified atom stereocenters. The molecule has 7 heteroatoms. The summed E-state index contributed by atoms with van der Waals surface area (Å²) in [4.78, 5) is 21.3. The molecule has 4 rings (SSSR count). The summed E-state index contributed by atoms with van der Waals surface area (Å²) >= 11 is 1.80. The first kappa shape index (κ1) is 18.3. The number of carbonyl (C=O) groups is 1. The standard InChI is InChI=1S/C20H27N5OS/c1-11-9-13(24-18-12(2)17(21)22-10-23-18)16(27-3)15-14(11)19(26)25-20(15)7-5-4-6-8-20/h9-10,13,16H,4-8H2,1-3H3,(H,25,26)(H3,21,22,23,24). The number of rotatable bonds is 3. The molecule has 2 aliphatic carbocycles. The van der Waals surface area contributed by atoms with Crippen molar-refractivity contribution < 1.29 is 4.79 Å². The summed E-state index contributed by atoms with van der Waals surface area (Å²) in [6.07, 6.45) is 11.4. The Morgan fingerprint density at radius 3 is 2.70 bits per heavy atom. The molecule has 4 N–H and O–H groups in total. The number of amides is 1. The number of carbonyl (C=O) groups excluding carboxylic acids is 1. The van der Waals surface area contributed by atoms with Crippen molar-refractivity contribution in [3.8, 4) is 0 Å². The lowest BCUT2D eigenvalue weighted by molar-refractivity contribution is -0.117. The maximum absolute atomic E-state index is 12.8. The predicted molar refractivity (Wildman–Crippen MR) is 111 cm³/mol. The molecule has 0 saturated heterocycles. The largest absolute Gasteiger partial charge is 0.383 e. The average molecular weight is 386 g/mol. The van der Waals surface area contributed by atoms with Gasteiger partial charge in [0.1, 0.15) is 18.0 Å². The van der Waals surface area contributed by atoms with Crippen LogP contribution in [0.25, 0.3) is 0 Å². The summed E-state index contributed by atoms with van der Waals surface area (Å²) in [5.74, 6) is 1.35. The molecule has 3 aliphatic rings. The Kier molecular flexibility index (Phi) is 4.66. The zero-order valence-corrected chi connectivity index (χ0v) is 16.9. The van der Waals surface area contributed by atoms with E-state index >= 15 is 0 Å². The van der Waals surface area contributed by atoms with Gasteiger partial charge in [-0.3, -0.25) is 4.79 Å². The third kappa shape index (κ3) is 2.92.